The second-order valence-electron chi connectivity index (χ2n) is 5.50. The average molecular weight is 325 g/mol. The summed E-state index contributed by atoms with van der Waals surface area (Å²) in [5, 5.41) is 3.61. The normalized spacial score (nSPS) is 20.5. The van der Waals surface area contributed by atoms with E-state index in [4.69, 9.17) is 0 Å². The Morgan fingerprint density at radius 2 is 2.21 bits per heavy atom. The number of benzene rings is 1. The average Bonchev–Trinajstić information content (AvgIpc) is 2.42. The van der Waals surface area contributed by atoms with Gasteiger partial charge in [0.1, 0.15) is 0 Å². The van der Waals surface area contributed by atoms with Crippen LogP contribution in [0.5, 0.6) is 0 Å². The molecule has 0 bridgehead atoms. The highest BCUT2D eigenvalue weighted by molar-refractivity contribution is 9.10. The van der Waals surface area contributed by atoms with Crippen molar-refractivity contribution in [3.63, 3.8) is 0 Å². The van der Waals surface area contributed by atoms with Crippen molar-refractivity contribution in [3.05, 3.63) is 28.2 Å². The summed E-state index contributed by atoms with van der Waals surface area (Å²) < 4.78 is 1.17. The molecule has 1 atom stereocenters. The van der Waals surface area contributed by atoms with Gasteiger partial charge in [-0.05, 0) is 63.0 Å². The Morgan fingerprint density at radius 1 is 1.37 bits per heavy atom. The van der Waals surface area contributed by atoms with E-state index in [-0.39, 0.29) is 0 Å². The van der Waals surface area contributed by atoms with Crippen molar-refractivity contribution in [2.75, 3.05) is 25.5 Å². The van der Waals surface area contributed by atoms with Crippen LogP contribution >= 0.6 is 15.9 Å². The molecule has 0 saturated carbocycles. The molecule has 1 aromatic carbocycles. The quantitative estimate of drug-likeness (QED) is 0.868. The molecule has 1 unspecified atom stereocenters. The molecular formula is C16H25BrN2. The van der Waals surface area contributed by atoms with E-state index in [0.717, 1.165) is 19.0 Å². The molecule has 0 amide bonds. The van der Waals surface area contributed by atoms with Crippen molar-refractivity contribution < 1.29 is 0 Å². The van der Waals surface area contributed by atoms with Gasteiger partial charge in [-0.1, -0.05) is 29.3 Å². The molecule has 0 aliphatic carbocycles. The number of piperidine rings is 1. The summed E-state index contributed by atoms with van der Waals surface area (Å²) in [6.45, 7) is 4.55. The highest BCUT2D eigenvalue weighted by Gasteiger charge is 2.18. The Balaban J connectivity index is 1.85. The van der Waals surface area contributed by atoms with Crippen molar-refractivity contribution in [2.24, 2.45) is 0 Å². The van der Waals surface area contributed by atoms with E-state index in [1.165, 1.54) is 48.0 Å². The third-order valence-electron chi connectivity index (χ3n) is 4.16. The van der Waals surface area contributed by atoms with Gasteiger partial charge in [0, 0.05) is 22.7 Å². The molecule has 0 aromatic heterocycles. The first kappa shape index (κ1) is 14.9. The fourth-order valence-corrected chi connectivity index (χ4v) is 3.32. The largest absolute Gasteiger partial charge is 0.385 e. The minimum atomic E-state index is 0.766. The first-order valence-electron chi connectivity index (χ1n) is 7.43. The highest BCUT2D eigenvalue weighted by atomic mass is 79.9. The van der Waals surface area contributed by atoms with Crippen LogP contribution < -0.4 is 5.32 Å². The standard InChI is InChI=1S/C16H25BrN2/c1-3-13-12-14(17)7-8-16(13)18-10-9-15-6-4-5-11-19(15)2/h7-8,12,15,18H,3-6,9-11H2,1-2H3. The van der Waals surface area contributed by atoms with Gasteiger partial charge in [0.15, 0.2) is 0 Å². The van der Waals surface area contributed by atoms with E-state index in [0.29, 0.717) is 0 Å². The fraction of sp³-hybridized carbons (Fsp3) is 0.625. The number of hydrogen-bond acceptors (Lipinski definition) is 2. The van der Waals surface area contributed by atoms with Gasteiger partial charge in [-0.2, -0.15) is 0 Å². The third-order valence-corrected chi connectivity index (χ3v) is 4.66. The number of rotatable bonds is 5. The predicted octanol–water partition coefficient (Wildman–Crippen LogP) is 4.30. The topological polar surface area (TPSA) is 15.3 Å². The van der Waals surface area contributed by atoms with Gasteiger partial charge in [-0.25, -0.2) is 0 Å². The summed E-state index contributed by atoms with van der Waals surface area (Å²) in [5.41, 5.74) is 2.69. The summed E-state index contributed by atoms with van der Waals surface area (Å²) in [4.78, 5) is 2.52. The maximum Gasteiger partial charge on any atom is 0.0373 e. The number of halogens is 1. The van der Waals surface area contributed by atoms with E-state index in [1.807, 2.05) is 0 Å². The molecule has 0 radical (unpaired) electrons. The lowest BCUT2D eigenvalue weighted by Gasteiger charge is -2.32. The van der Waals surface area contributed by atoms with Gasteiger partial charge in [0.05, 0.1) is 0 Å². The van der Waals surface area contributed by atoms with E-state index in [2.05, 4.69) is 58.3 Å². The van der Waals surface area contributed by atoms with E-state index >= 15 is 0 Å². The molecule has 1 fully saturated rings. The smallest absolute Gasteiger partial charge is 0.0373 e. The highest BCUT2D eigenvalue weighted by Crippen LogP contribution is 2.22. The Hall–Kier alpha value is -0.540. The molecule has 1 saturated heterocycles. The third kappa shape index (κ3) is 4.22. The molecule has 106 valence electrons. The van der Waals surface area contributed by atoms with Crippen LogP contribution in [0, 0.1) is 0 Å². The zero-order valence-corrected chi connectivity index (χ0v) is 13.7. The monoisotopic (exact) mass is 324 g/mol. The molecule has 19 heavy (non-hydrogen) atoms. The Kier molecular flexibility index (Phi) is 5.71. The molecule has 1 aromatic rings. The lowest BCUT2D eigenvalue weighted by molar-refractivity contribution is 0.179. The Labute approximate surface area is 125 Å². The molecule has 2 rings (SSSR count). The lowest BCUT2D eigenvalue weighted by Crippen LogP contribution is -2.37. The molecule has 1 aliphatic heterocycles. The van der Waals surface area contributed by atoms with Gasteiger partial charge in [0.25, 0.3) is 0 Å². The van der Waals surface area contributed by atoms with E-state index in [1.54, 1.807) is 0 Å². The van der Waals surface area contributed by atoms with Crippen LogP contribution in [0.1, 0.15) is 38.2 Å². The van der Waals surface area contributed by atoms with Crippen LogP contribution in [0.15, 0.2) is 22.7 Å². The molecule has 0 spiro atoms. The lowest BCUT2D eigenvalue weighted by atomic mass is 10.00. The molecule has 3 heteroatoms. The first-order chi connectivity index (χ1) is 9.20. The van der Waals surface area contributed by atoms with Crippen LogP contribution in [0.3, 0.4) is 0 Å². The summed E-state index contributed by atoms with van der Waals surface area (Å²) >= 11 is 3.54. The van der Waals surface area contributed by atoms with E-state index < -0.39 is 0 Å². The molecule has 1 N–H and O–H groups in total. The van der Waals surface area contributed by atoms with Crippen molar-refractivity contribution >= 4 is 21.6 Å². The van der Waals surface area contributed by atoms with Crippen LogP contribution in [-0.4, -0.2) is 31.1 Å². The minimum absolute atomic E-state index is 0.766. The summed E-state index contributed by atoms with van der Waals surface area (Å²) in [6, 6.07) is 7.29. The number of nitrogens with zero attached hydrogens (tertiary/aromatic N) is 1. The molecule has 2 nitrogen and oxygen atoms in total. The van der Waals surface area contributed by atoms with Crippen molar-refractivity contribution in [1.29, 1.82) is 0 Å². The van der Waals surface area contributed by atoms with Crippen LogP contribution in [0.2, 0.25) is 0 Å². The first-order valence-corrected chi connectivity index (χ1v) is 8.22. The zero-order valence-electron chi connectivity index (χ0n) is 12.1. The zero-order chi connectivity index (χ0) is 13.7. The molecule has 1 heterocycles. The van der Waals surface area contributed by atoms with Gasteiger partial charge in [-0.3, -0.25) is 0 Å². The number of aryl methyl sites for hydroxylation is 1. The summed E-state index contributed by atoms with van der Waals surface area (Å²) in [7, 11) is 2.26. The Morgan fingerprint density at radius 3 is 2.95 bits per heavy atom. The van der Waals surface area contributed by atoms with Crippen LogP contribution in [0.4, 0.5) is 5.69 Å². The van der Waals surface area contributed by atoms with Crippen molar-refractivity contribution in [1.82, 2.24) is 4.90 Å². The van der Waals surface area contributed by atoms with Crippen molar-refractivity contribution in [2.45, 2.75) is 45.1 Å². The molecular weight excluding hydrogens is 300 g/mol. The van der Waals surface area contributed by atoms with E-state index in [9.17, 15) is 0 Å². The van der Waals surface area contributed by atoms with Gasteiger partial charge in [0.2, 0.25) is 0 Å². The van der Waals surface area contributed by atoms with Gasteiger partial charge >= 0.3 is 0 Å². The van der Waals surface area contributed by atoms with Crippen LogP contribution in [0.25, 0.3) is 0 Å². The maximum atomic E-state index is 3.61. The Bertz CT molecular complexity index is 406. The van der Waals surface area contributed by atoms with Crippen molar-refractivity contribution in [3.8, 4) is 0 Å². The molecule has 1 aliphatic rings. The fourth-order valence-electron chi connectivity index (χ4n) is 2.91. The number of likely N-dealkylation sites (tertiary alicyclic amines) is 1. The summed E-state index contributed by atoms with van der Waals surface area (Å²) in [5.74, 6) is 0. The number of nitrogens with one attached hydrogen (secondary N) is 1. The van der Waals surface area contributed by atoms with Gasteiger partial charge < -0.3 is 10.2 Å². The number of hydrogen-bond donors (Lipinski definition) is 1. The second kappa shape index (κ2) is 7.30. The summed E-state index contributed by atoms with van der Waals surface area (Å²) in [6.07, 6.45) is 6.45. The maximum absolute atomic E-state index is 3.61. The van der Waals surface area contributed by atoms with Crippen LogP contribution in [-0.2, 0) is 6.42 Å². The van der Waals surface area contributed by atoms with Gasteiger partial charge in [-0.15, -0.1) is 0 Å². The minimum Gasteiger partial charge on any atom is -0.385 e. The SMILES string of the molecule is CCc1cc(Br)ccc1NCCC1CCCCN1C. The number of anilines is 1. The predicted molar refractivity (Wildman–Crippen MR) is 86.9 cm³/mol. The second-order valence-corrected chi connectivity index (χ2v) is 6.42.